The predicted molar refractivity (Wildman–Crippen MR) is 55.5 cm³/mol. The number of hydrogen-bond donors (Lipinski definition) is 2. The Bertz CT molecular complexity index is 255. The smallest absolute Gasteiger partial charge is 0.320 e. The highest BCUT2D eigenvalue weighted by atomic mass is 16.4. The first-order chi connectivity index (χ1) is 7.04. The van der Waals surface area contributed by atoms with E-state index in [0.29, 0.717) is 19.4 Å². The molecule has 1 aliphatic heterocycles. The maximum absolute atomic E-state index is 11.0. The maximum atomic E-state index is 11.0. The van der Waals surface area contributed by atoms with E-state index in [-0.39, 0.29) is 11.9 Å². The highest BCUT2D eigenvalue weighted by molar-refractivity contribution is 5.78. The van der Waals surface area contributed by atoms with E-state index in [0.717, 1.165) is 6.42 Å². The van der Waals surface area contributed by atoms with Crippen LogP contribution in [-0.4, -0.2) is 47.6 Å². The average molecular weight is 214 g/mol. The van der Waals surface area contributed by atoms with Gasteiger partial charge in [0.1, 0.15) is 6.04 Å². The van der Waals surface area contributed by atoms with Gasteiger partial charge in [-0.05, 0) is 19.9 Å². The van der Waals surface area contributed by atoms with Gasteiger partial charge in [-0.1, -0.05) is 6.92 Å². The second-order valence-corrected chi connectivity index (χ2v) is 4.00. The number of carboxylic acids is 1. The molecule has 2 atom stereocenters. The highest BCUT2D eigenvalue weighted by Crippen LogP contribution is 2.10. The number of hydrogen-bond acceptors (Lipinski definition) is 3. The van der Waals surface area contributed by atoms with Crippen molar-refractivity contribution in [3.05, 3.63) is 0 Å². The fraction of sp³-hybridized carbons (Fsp3) is 0.800. The Hall–Kier alpha value is -1.10. The van der Waals surface area contributed by atoms with Gasteiger partial charge < -0.3 is 10.4 Å². The molecular weight excluding hydrogens is 196 g/mol. The van der Waals surface area contributed by atoms with Crippen LogP contribution in [0.25, 0.3) is 0 Å². The van der Waals surface area contributed by atoms with Crippen LogP contribution < -0.4 is 5.32 Å². The summed E-state index contributed by atoms with van der Waals surface area (Å²) in [4.78, 5) is 23.6. The molecule has 2 N–H and O–H groups in total. The quantitative estimate of drug-likeness (QED) is 0.679. The van der Waals surface area contributed by atoms with Crippen LogP contribution in [-0.2, 0) is 9.59 Å². The summed E-state index contributed by atoms with van der Waals surface area (Å²) in [5.74, 6) is -0.735. The van der Waals surface area contributed by atoms with Gasteiger partial charge in [-0.3, -0.25) is 14.5 Å². The van der Waals surface area contributed by atoms with Crippen molar-refractivity contribution < 1.29 is 14.7 Å². The third kappa shape index (κ3) is 3.20. The van der Waals surface area contributed by atoms with Gasteiger partial charge in [0.25, 0.3) is 0 Å². The molecule has 1 saturated heterocycles. The normalized spacial score (nSPS) is 22.9. The topological polar surface area (TPSA) is 69.6 Å². The van der Waals surface area contributed by atoms with Gasteiger partial charge in [0, 0.05) is 19.0 Å². The molecule has 1 heterocycles. The fourth-order valence-electron chi connectivity index (χ4n) is 1.96. The Labute approximate surface area is 89.4 Å². The number of aliphatic carboxylic acids is 1. The molecule has 0 aliphatic carbocycles. The van der Waals surface area contributed by atoms with Gasteiger partial charge in [-0.15, -0.1) is 0 Å². The molecule has 1 aliphatic rings. The van der Waals surface area contributed by atoms with Crippen LogP contribution in [0.3, 0.4) is 0 Å². The van der Waals surface area contributed by atoms with Gasteiger partial charge in [-0.2, -0.15) is 0 Å². The fourth-order valence-corrected chi connectivity index (χ4v) is 1.96. The lowest BCUT2D eigenvalue weighted by Gasteiger charge is -2.26. The van der Waals surface area contributed by atoms with Gasteiger partial charge in [0.2, 0.25) is 5.91 Å². The first-order valence-corrected chi connectivity index (χ1v) is 5.27. The number of likely N-dealkylation sites (N-methyl/N-ethyl adjacent to an activating group) is 1. The molecule has 0 saturated carbocycles. The molecule has 0 bridgehead atoms. The minimum Gasteiger partial charge on any atom is -0.480 e. The van der Waals surface area contributed by atoms with Crippen molar-refractivity contribution in [1.82, 2.24) is 10.2 Å². The van der Waals surface area contributed by atoms with Gasteiger partial charge in [0.05, 0.1) is 0 Å². The van der Waals surface area contributed by atoms with E-state index in [1.807, 2.05) is 6.92 Å². The van der Waals surface area contributed by atoms with Crippen molar-refractivity contribution in [2.75, 3.05) is 13.6 Å². The number of carbonyl (C=O) groups is 2. The van der Waals surface area contributed by atoms with E-state index in [1.54, 1.807) is 11.9 Å². The zero-order valence-electron chi connectivity index (χ0n) is 9.19. The first-order valence-electron chi connectivity index (χ1n) is 5.27. The van der Waals surface area contributed by atoms with Crippen LogP contribution >= 0.6 is 0 Å². The van der Waals surface area contributed by atoms with Crippen molar-refractivity contribution in [2.45, 2.75) is 38.3 Å². The van der Waals surface area contributed by atoms with Gasteiger partial charge >= 0.3 is 5.97 Å². The predicted octanol–water partition coefficient (Wildman–Crippen LogP) is 0.0600. The molecule has 5 nitrogen and oxygen atoms in total. The number of nitrogens with zero attached hydrogens (tertiary/aromatic N) is 1. The summed E-state index contributed by atoms with van der Waals surface area (Å²) in [7, 11) is 1.78. The van der Waals surface area contributed by atoms with Crippen molar-refractivity contribution in [3.8, 4) is 0 Å². The maximum Gasteiger partial charge on any atom is 0.320 e. The van der Waals surface area contributed by atoms with E-state index in [2.05, 4.69) is 5.32 Å². The highest BCUT2D eigenvalue weighted by Gasteiger charge is 2.26. The summed E-state index contributed by atoms with van der Waals surface area (Å²) in [5.41, 5.74) is 0. The van der Waals surface area contributed by atoms with Crippen molar-refractivity contribution >= 4 is 11.9 Å². The van der Waals surface area contributed by atoms with Crippen LogP contribution in [0.15, 0.2) is 0 Å². The Kier molecular flexibility index (Phi) is 4.08. The molecule has 0 spiro atoms. The number of amides is 1. The number of nitrogens with one attached hydrogen (secondary N) is 1. The van der Waals surface area contributed by atoms with Crippen molar-refractivity contribution in [3.63, 3.8) is 0 Å². The van der Waals surface area contributed by atoms with E-state index >= 15 is 0 Å². The molecule has 1 amide bonds. The molecule has 2 unspecified atom stereocenters. The summed E-state index contributed by atoms with van der Waals surface area (Å²) < 4.78 is 0. The molecule has 86 valence electrons. The van der Waals surface area contributed by atoms with Crippen LogP contribution in [0.1, 0.15) is 26.2 Å². The van der Waals surface area contributed by atoms with E-state index < -0.39 is 12.0 Å². The number of carbonyl (C=O) groups excluding carboxylic acids is 1. The molecule has 0 aromatic carbocycles. The van der Waals surface area contributed by atoms with E-state index in [9.17, 15) is 9.59 Å². The zero-order valence-corrected chi connectivity index (χ0v) is 9.19. The van der Waals surface area contributed by atoms with Crippen molar-refractivity contribution in [1.29, 1.82) is 0 Å². The first kappa shape index (κ1) is 12.0. The minimum absolute atomic E-state index is 0.0665. The van der Waals surface area contributed by atoms with E-state index in [4.69, 9.17) is 5.11 Å². The molecule has 5 heteroatoms. The van der Waals surface area contributed by atoms with Crippen LogP contribution in [0, 0.1) is 0 Å². The largest absolute Gasteiger partial charge is 0.480 e. The second kappa shape index (κ2) is 5.11. The summed E-state index contributed by atoms with van der Waals surface area (Å²) in [6, 6.07) is -0.349. The lowest BCUT2D eigenvalue weighted by molar-refractivity contribution is -0.142. The summed E-state index contributed by atoms with van der Waals surface area (Å²) in [6.07, 6.45) is 1.94. The summed E-state index contributed by atoms with van der Waals surface area (Å²) in [6.45, 7) is 2.46. The monoisotopic (exact) mass is 214 g/mol. The molecule has 0 radical (unpaired) electrons. The second-order valence-electron chi connectivity index (χ2n) is 4.00. The zero-order chi connectivity index (χ0) is 11.4. The minimum atomic E-state index is -0.802. The lowest BCUT2D eigenvalue weighted by atomic mass is 10.1. The van der Waals surface area contributed by atoms with Gasteiger partial charge in [-0.25, -0.2) is 0 Å². The Morgan fingerprint density at radius 2 is 2.40 bits per heavy atom. The van der Waals surface area contributed by atoms with Crippen LogP contribution in [0.5, 0.6) is 0 Å². The summed E-state index contributed by atoms with van der Waals surface area (Å²) in [5, 5.41) is 11.8. The summed E-state index contributed by atoms with van der Waals surface area (Å²) >= 11 is 0. The average Bonchev–Trinajstić information content (AvgIpc) is 2.51. The number of carboxylic acid groups (broad SMARTS) is 1. The SMILES string of the molecule is CCC(C(=O)O)N(C)CC1CCC(=O)N1. The molecular formula is C10H18N2O3. The van der Waals surface area contributed by atoms with Crippen LogP contribution in [0.2, 0.25) is 0 Å². The Balaban J connectivity index is 2.43. The van der Waals surface area contributed by atoms with Crippen molar-refractivity contribution in [2.24, 2.45) is 0 Å². The van der Waals surface area contributed by atoms with Crippen LogP contribution in [0.4, 0.5) is 0 Å². The van der Waals surface area contributed by atoms with Gasteiger partial charge in [0.15, 0.2) is 0 Å². The molecule has 1 rings (SSSR count). The van der Waals surface area contributed by atoms with E-state index in [1.165, 1.54) is 0 Å². The number of rotatable bonds is 5. The molecule has 0 aromatic rings. The Morgan fingerprint density at radius 3 is 2.80 bits per heavy atom. The third-order valence-electron chi connectivity index (χ3n) is 2.80. The molecule has 0 aromatic heterocycles. The Morgan fingerprint density at radius 1 is 1.73 bits per heavy atom. The molecule has 1 fully saturated rings. The standard InChI is InChI=1S/C10H18N2O3/c1-3-8(10(14)15)12(2)6-7-4-5-9(13)11-7/h7-8H,3-6H2,1-2H3,(H,11,13)(H,14,15). The lowest BCUT2D eigenvalue weighted by Crippen LogP contribution is -2.44. The third-order valence-corrected chi connectivity index (χ3v) is 2.80. The molecule has 15 heavy (non-hydrogen) atoms.